The van der Waals surface area contributed by atoms with Crippen molar-refractivity contribution < 1.29 is 29.0 Å². The van der Waals surface area contributed by atoms with Crippen LogP contribution in [0.3, 0.4) is 0 Å². The predicted molar refractivity (Wildman–Crippen MR) is 93.5 cm³/mol. The summed E-state index contributed by atoms with van der Waals surface area (Å²) in [5.74, 6) is -3.78. The molecule has 0 aliphatic carbocycles. The minimum absolute atomic E-state index is 0.256. The largest absolute Gasteiger partial charge is 0.481 e. The summed E-state index contributed by atoms with van der Waals surface area (Å²) in [6.07, 6.45) is -0.749. The van der Waals surface area contributed by atoms with Crippen molar-refractivity contribution >= 4 is 26.1 Å². The third-order valence-electron chi connectivity index (χ3n) is 3.64. The molecular weight excluding hydrogens is 330 g/mol. The van der Waals surface area contributed by atoms with Crippen molar-refractivity contribution in [2.45, 2.75) is 45.6 Å². The summed E-state index contributed by atoms with van der Waals surface area (Å²) >= 11 is 0. The number of hydrogen-bond donors (Lipinski definition) is 2. The Labute approximate surface area is 144 Å². The average Bonchev–Trinajstić information content (AvgIpc) is 2.42. The first-order chi connectivity index (χ1) is 10.9. The van der Waals surface area contributed by atoms with Crippen LogP contribution in [0, 0.1) is 11.8 Å². The summed E-state index contributed by atoms with van der Waals surface area (Å²) < 4.78 is 9.79. The fourth-order valence-corrected chi connectivity index (χ4v) is 2.84. The highest BCUT2D eigenvalue weighted by molar-refractivity contribution is 6.76. The van der Waals surface area contributed by atoms with Gasteiger partial charge in [-0.05, 0) is 19.9 Å². The summed E-state index contributed by atoms with van der Waals surface area (Å²) in [5, 5.41) is 11.9. The van der Waals surface area contributed by atoms with Crippen molar-refractivity contribution in [3.63, 3.8) is 0 Å². The lowest BCUT2D eigenvalue weighted by Crippen LogP contribution is -2.50. The molecule has 0 spiro atoms. The molecule has 0 fully saturated rings. The third-order valence-corrected chi connectivity index (χ3v) is 5.34. The lowest BCUT2D eigenvalue weighted by molar-refractivity contribution is -0.148. The Morgan fingerprint density at radius 1 is 1.25 bits per heavy atom. The van der Waals surface area contributed by atoms with E-state index in [1.807, 2.05) is 0 Å². The second kappa shape index (κ2) is 9.46. The number of amides is 1. The Balaban J connectivity index is 5.13. The van der Waals surface area contributed by atoms with Gasteiger partial charge < -0.3 is 19.9 Å². The number of carboxylic acid groups (broad SMARTS) is 1. The van der Waals surface area contributed by atoms with E-state index in [4.69, 9.17) is 4.74 Å². The summed E-state index contributed by atoms with van der Waals surface area (Å²) in [4.78, 5) is 35.3. The molecule has 0 rings (SSSR count). The first-order valence-electron chi connectivity index (χ1n) is 7.80. The number of rotatable bonds is 9. The van der Waals surface area contributed by atoms with Gasteiger partial charge in [0.1, 0.15) is 0 Å². The van der Waals surface area contributed by atoms with E-state index in [1.54, 1.807) is 0 Å². The number of hydrogen-bond acceptors (Lipinski definition) is 5. The highest BCUT2D eigenvalue weighted by atomic mass is 28.3. The minimum atomic E-state index is -1.35. The first-order valence-corrected chi connectivity index (χ1v) is 11.5. The molecule has 0 unspecified atom stereocenters. The Morgan fingerprint density at radius 2 is 1.79 bits per heavy atom. The highest BCUT2D eigenvalue weighted by Gasteiger charge is 2.38. The predicted octanol–water partition coefficient (Wildman–Crippen LogP) is 2.51. The smallest absolute Gasteiger partial charge is 0.407 e. The van der Waals surface area contributed by atoms with E-state index in [9.17, 15) is 19.5 Å². The van der Waals surface area contributed by atoms with Crippen LogP contribution in [-0.4, -0.2) is 51.0 Å². The highest BCUT2D eigenvalue weighted by Crippen LogP contribution is 2.22. The molecule has 0 bridgehead atoms. The van der Waals surface area contributed by atoms with Gasteiger partial charge in [-0.1, -0.05) is 31.8 Å². The van der Waals surface area contributed by atoms with Crippen molar-refractivity contribution in [2.75, 3.05) is 13.7 Å². The second-order valence-electron chi connectivity index (χ2n) is 7.09. The molecule has 138 valence electrons. The summed E-state index contributed by atoms with van der Waals surface area (Å²) in [6, 6.07) is -0.215. The third kappa shape index (κ3) is 7.63. The quantitative estimate of drug-likeness (QED) is 0.372. The van der Waals surface area contributed by atoms with Crippen LogP contribution < -0.4 is 5.32 Å². The molecule has 0 aromatic rings. The molecule has 0 aliphatic rings. The average molecular weight is 359 g/mol. The van der Waals surface area contributed by atoms with Gasteiger partial charge in [-0.2, -0.15) is 0 Å². The Kier molecular flexibility index (Phi) is 8.74. The molecule has 1 amide bonds. The van der Waals surface area contributed by atoms with Crippen LogP contribution in [0.15, 0.2) is 12.2 Å². The van der Waals surface area contributed by atoms with Gasteiger partial charge in [0.15, 0.2) is 0 Å². The lowest BCUT2D eigenvalue weighted by Gasteiger charge is -2.29. The van der Waals surface area contributed by atoms with Gasteiger partial charge in [0.25, 0.3) is 0 Å². The molecule has 0 aliphatic heterocycles. The maximum atomic E-state index is 12.0. The van der Waals surface area contributed by atoms with E-state index in [0.717, 1.165) is 6.04 Å². The standard InChI is InChI=1S/C16H29NO6Si/c1-10(2)12(14(18)19)13(11(3)15(20)22-4)17-16(21)23-8-9-24(5,6)7/h11-13H,1,8-9H2,2-7H3,(H,17,21)(H,18,19)/t11-,12+,13-/m1/s1. The van der Waals surface area contributed by atoms with E-state index in [1.165, 1.54) is 21.0 Å². The number of carboxylic acids is 1. The number of aliphatic carboxylic acids is 1. The van der Waals surface area contributed by atoms with E-state index < -0.39 is 44.0 Å². The maximum absolute atomic E-state index is 12.0. The van der Waals surface area contributed by atoms with Crippen LogP contribution in [0.25, 0.3) is 0 Å². The Morgan fingerprint density at radius 3 is 2.17 bits per heavy atom. The fraction of sp³-hybridized carbons (Fsp3) is 0.688. The zero-order chi connectivity index (χ0) is 19.1. The summed E-state index contributed by atoms with van der Waals surface area (Å²) in [5.41, 5.74) is 0.325. The molecule has 3 atom stereocenters. The summed E-state index contributed by atoms with van der Waals surface area (Å²) in [7, 11) is -0.147. The van der Waals surface area contributed by atoms with Crippen molar-refractivity contribution in [3.8, 4) is 0 Å². The van der Waals surface area contributed by atoms with Gasteiger partial charge >= 0.3 is 18.0 Å². The van der Waals surface area contributed by atoms with Gasteiger partial charge in [0, 0.05) is 8.07 Å². The van der Waals surface area contributed by atoms with Gasteiger partial charge in [0.2, 0.25) is 0 Å². The number of carbonyl (C=O) groups excluding carboxylic acids is 2. The van der Waals surface area contributed by atoms with Gasteiger partial charge in [0.05, 0.1) is 31.6 Å². The van der Waals surface area contributed by atoms with Gasteiger partial charge in [-0.25, -0.2) is 4.79 Å². The summed E-state index contributed by atoms with van der Waals surface area (Å²) in [6.45, 7) is 13.4. The molecular formula is C16H29NO6Si. The Hall–Kier alpha value is -1.83. The van der Waals surface area contributed by atoms with Gasteiger partial charge in [-0.15, -0.1) is 0 Å². The molecule has 24 heavy (non-hydrogen) atoms. The molecule has 0 saturated carbocycles. The van der Waals surface area contributed by atoms with E-state index in [2.05, 4.69) is 36.3 Å². The van der Waals surface area contributed by atoms with Crippen LogP contribution in [0.1, 0.15) is 13.8 Å². The molecule has 8 heteroatoms. The molecule has 0 saturated heterocycles. The first kappa shape index (κ1) is 22.2. The molecule has 0 aromatic heterocycles. The van der Waals surface area contributed by atoms with E-state index in [0.29, 0.717) is 5.57 Å². The van der Waals surface area contributed by atoms with Gasteiger partial charge in [-0.3, -0.25) is 9.59 Å². The van der Waals surface area contributed by atoms with Crippen molar-refractivity contribution in [2.24, 2.45) is 11.8 Å². The van der Waals surface area contributed by atoms with Crippen LogP contribution in [0.4, 0.5) is 4.79 Å². The van der Waals surface area contributed by atoms with Crippen molar-refractivity contribution in [3.05, 3.63) is 12.2 Å². The second-order valence-corrected chi connectivity index (χ2v) is 12.7. The van der Waals surface area contributed by atoms with Crippen LogP contribution in [-0.2, 0) is 19.1 Å². The SMILES string of the molecule is C=C(C)[C@H](C(=O)O)[C@H](NC(=O)OCC[Si](C)(C)C)[C@@H](C)C(=O)OC. The zero-order valence-electron chi connectivity index (χ0n) is 15.3. The molecule has 0 heterocycles. The number of nitrogens with one attached hydrogen (secondary N) is 1. The number of methoxy groups -OCH3 is 1. The van der Waals surface area contributed by atoms with Crippen LogP contribution >= 0.6 is 0 Å². The van der Waals surface area contributed by atoms with Crippen LogP contribution in [0.2, 0.25) is 25.7 Å². The van der Waals surface area contributed by atoms with Crippen molar-refractivity contribution in [1.82, 2.24) is 5.32 Å². The Bertz CT molecular complexity index is 471. The maximum Gasteiger partial charge on any atom is 0.407 e. The lowest BCUT2D eigenvalue weighted by atomic mass is 9.85. The number of esters is 1. The minimum Gasteiger partial charge on any atom is -0.481 e. The topological polar surface area (TPSA) is 102 Å². The van der Waals surface area contributed by atoms with Crippen molar-refractivity contribution in [1.29, 1.82) is 0 Å². The normalized spacial score (nSPS) is 14.9. The molecule has 0 aromatic carbocycles. The van der Waals surface area contributed by atoms with E-state index in [-0.39, 0.29) is 6.61 Å². The zero-order valence-corrected chi connectivity index (χ0v) is 16.3. The van der Waals surface area contributed by atoms with E-state index >= 15 is 0 Å². The number of ether oxygens (including phenoxy) is 2. The number of carbonyl (C=O) groups is 3. The fourth-order valence-electron chi connectivity index (χ4n) is 2.13. The monoisotopic (exact) mass is 359 g/mol. The van der Waals surface area contributed by atoms with Crippen LogP contribution in [0.5, 0.6) is 0 Å². The molecule has 7 nitrogen and oxygen atoms in total. The molecule has 2 N–H and O–H groups in total. The number of alkyl carbamates (subject to hydrolysis) is 1. The molecule has 0 radical (unpaired) electrons.